The van der Waals surface area contributed by atoms with Crippen LogP contribution in [0.2, 0.25) is 0 Å². The van der Waals surface area contributed by atoms with Gasteiger partial charge in [-0.25, -0.2) is 4.98 Å². The standard InChI is InChI=1S/C12H12N2O4/c15-10-8(12(11(16)17)4-2-5-12)18-7-3-1-6-13-9(7)14-10/h1,3,6,8H,2,4-5H2,(H,16,17)(H,13,14,15). The first kappa shape index (κ1) is 11.0. The number of carboxylic acids is 1. The van der Waals surface area contributed by atoms with Gasteiger partial charge in [0.15, 0.2) is 17.7 Å². The minimum Gasteiger partial charge on any atom is -0.481 e. The van der Waals surface area contributed by atoms with Crippen molar-refractivity contribution in [3.05, 3.63) is 18.3 Å². The smallest absolute Gasteiger partial charge is 0.313 e. The lowest BCUT2D eigenvalue weighted by Crippen LogP contribution is -2.57. The zero-order valence-corrected chi connectivity index (χ0v) is 9.55. The first-order chi connectivity index (χ1) is 8.63. The van der Waals surface area contributed by atoms with E-state index in [0.717, 1.165) is 6.42 Å². The number of pyridine rings is 1. The summed E-state index contributed by atoms with van der Waals surface area (Å²) in [5.74, 6) is -0.627. The lowest BCUT2D eigenvalue weighted by atomic mass is 9.64. The molecule has 2 N–H and O–H groups in total. The second-order valence-corrected chi connectivity index (χ2v) is 4.65. The molecule has 1 fully saturated rings. The fourth-order valence-corrected chi connectivity index (χ4v) is 2.45. The maximum absolute atomic E-state index is 12.0. The molecule has 0 spiro atoms. The number of hydrogen-bond donors (Lipinski definition) is 2. The lowest BCUT2D eigenvalue weighted by Gasteiger charge is -2.43. The number of carboxylic acid groups (broad SMARTS) is 1. The fourth-order valence-electron chi connectivity index (χ4n) is 2.45. The van der Waals surface area contributed by atoms with E-state index in [1.807, 2.05) is 0 Å². The minimum absolute atomic E-state index is 0.346. The van der Waals surface area contributed by atoms with Gasteiger partial charge in [0.2, 0.25) is 0 Å². The van der Waals surface area contributed by atoms with E-state index in [2.05, 4.69) is 10.3 Å². The molecule has 1 aliphatic carbocycles. The number of ether oxygens (including phenoxy) is 1. The molecule has 1 saturated carbocycles. The molecule has 2 aliphatic rings. The van der Waals surface area contributed by atoms with Crippen molar-refractivity contribution in [2.75, 3.05) is 5.32 Å². The number of nitrogens with one attached hydrogen (secondary N) is 1. The highest BCUT2D eigenvalue weighted by atomic mass is 16.5. The van der Waals surface area contributed by atoms with Crippen molar-refractivity contribution in [2.24, 2.45) is 5.41 Å². The second kappa shape index (κ2) is 3.69. The van der Waals surface area contributed by atoms with Crippen LogP contribution in [0.4, 0.5) is 5.82 Å². The first-order valence-corrected chi connectivity index (χ1v) is 5.79. The Morgan fingerprint density at radius 3 is 2.94 bits per heavy atom. The first-order valence-electron chi connectivity index (χ1n) is 5.79. The summed E-state index contributed by atoms with van der Waals surface area (Å²) < 4.78 is 5.56. The lowest BCUT2D eigenvalue weighted by molar-refractivity contribution is -0.167. The van der Waals surface area contributed by atoms with E-state index in [9.17, 15) is 14.7 Å². The monoisotopic (exact) mass is 248 g/mol. The summed E-state index contributed by atoms with van der Waals surface area (Å²) in [6.45, 7) is 0. The van der Waals surface area contributed by atoms with Crippen LogP contribution in [0.15, 0.2) is 18.3 Å². The van der Waals surface area contributed by atoms with Gasteiger partial charge in [-0.2, -0.15) is 0 Å². The average Bonchev–Trinajstić information content (AvgIpc) is 2.27. The number of aromatic nitrogens is 1. The van der Waals surface area contributed by atoms with E-state index in [1.54, 1.807) is 18.3 Å². The molecule has 3 rings (SSSR count). The third kappa shape index (κ3) is 1.38. The topological polar surface area (TPSA) is 88.5 Å². The van der Waals surface area contributed by atoms with Crippen molar-refractivity contribution in [3.63, 3.8) is 0 Å². The van der Waals surface area contributed by atoms with Crippen LogP contribution < -0.4 is 10.1 Å². The third-order valence-electron chi connectivity index (χ3n) is 3.67. The van der Waals surface area contributed by atoms with Crippen LogP contribution in [-0.4, -0.2) is 28.1 Å². The summed E-state index contributed by atoms with van der Waals surface area (Å²) in [6.07, 6.45) is 2.31. The van der Waals surface area contributed by atoms with Gasteiger partial charge < -0.3 is 15.2 Å². The second-order valence-electron chi connectivity index (χ2n) is 4.65. The van der Waals surface area contributed by atoms with Gasteiger partial charge in [0, 0.05) is 6.20 Å². The van der Waals surface area contributed by atoms with Gasteiger partial charge in [0.05, 0.1) is 0 Å². The molecule has 1 unspecified atom stereocenters. The maximum atomic E-state index is 12.0. The number of rotatable bonds is 2. The molecule has 0 radical (unpaired) electrons. The van der Waals surface area contributed by atoms with E-state index in [0.29, 0.717) is 24.4 Å². The number of carbonyl (C=O) groups excluding carboxylic acids is 1. The van der Waals surface area contributed by atoms with Crippen LogP contribution in [0.5, 0.6) is 5.75 Å². The number of aliphatic carboxylic acids is 1. The van der Waals surface area contributed by atoms with Gasteiger partial charge in [-0.3, -0.25) is 9.59 Å². The number of amides is 1. The van der Waals surface area contributed by atoms with Crippen molar-refractivity contribution in [1.82, 2.24) is 4.98 Å². The van der Waals surface area contributed by atoms with Crippen LogP contribution in [0.25, 0.3) is 0 Å². The zero-order chi connectivity index (χ0) is 12.8. The fraction of sp³-hybridized carbons (Fsp3) is 0.417. The Kier molecular flexibility index (Phi) is 2.26. The highest BCUT2D eigenvalue weighted by Crippen LogP contribution is 2.47. The average molecular weight is 248 g/mol. The third-order valence-corrected chi connectivity index (χ3v) is 3.67. The Labute approximate surface area is 103 Å². The summed E-state index contributed by atoms with van der Waals surface area (Å²) in [5, 5.41) is 11.9. The van der Waals surface area contributed by atoms with Crippen LogP contribution in [-0.2, 0) is 9.59 Å². The highest BCUT2D eigenvalue weighted by molar-refractivity contribution is 6.00. The predicted molar refractivity (Wildman–Crippen MR) is 61.2 cm³/mol. The molecule has 6 heteroatoms. The maximum Gasteiger partial charge on any atom is 0.313 e. The van der Waals surface area contributed by atoms with Crippen molar-refractivity contribution in [1.29, 1.82) is 0 Å². The minimum atomic E-state index is -1.09. The van der Waals surface area contributed by atoms with Crippen LogP contribution in [0.3, 0.4) is 0 Å². The predicted octanol–water partition coefficient (Wildman–Crippen LogP) is 1.04. The molecule has 0 aromatic carbocycles. The number of hydrogen-bond acceptors (Lipinski definition) is 4. The van der Waals surface area contributed by atoms with Gasteiger partial charge in [0.1, 0.15) is 5.41 Å². The molecule has 2 heterocycles. The van der Waals surface area contributed by atoms with E-state index in [1.165, 1.54) is 0 Å². The molecule has 0 saturated heterocycles. The molecule has 6 nitrogen and oxygen atoms in total. The molecular weight excluding hydrogens is 236 g/mol. The van der Waals surface area contributed by atoms with Crippen LogP contribution in [0, 0.1) is 5.41 Å². The highest BCUT2D eigenvalue weighted by Gasteiger charge is 2.56. The number of carbonyl (C=O) groups is 2. The molecule has 1 atom stereocenters. The van der Waals surface area contributed by atoms with Crippen molar-refractivity contribution in [3.8, 4) is 5.75 Å². The normalized spacial score (nSPS) is 24.2. The molecule has 0 bridgehead atoms. The summed E-state index contributed by atoms with van der Waals surface area (Å²) in [7, 11) is 0. The number of nitrogens with zero attached hydrogens (tertiary/aromatic N) is 1. The summed E-state index contributed by atoms with van der Waals surface area (Å²) in [4.78, 5) is 27.3. The molecule has 1 amide bonds. The van der Waals surface area contributed by atoms with E-state index in [4.69, 9.17) is 4.74 Å². The Morgan fingerprint density at radius 2 is 2.33 bits per heavy atom. The van der Waals surface area contributed by atoms with Crippen molar-refractivity contribution >= 4 is 17.7 Å². The summed E-state index contributed by atoms with van der Waals surface area (Å²) >= 11 is 0. The van der Waals surface area contributed by atoms with Crippen LogP contribution in [0.1, 0.15) is 19.3 Å². The van der Waals surface area contributed by atoms with Gasteiger partial charge >= 0.3 is 5.97 Å². The van der Waals surface area contributed by atoms with Crippen molar-refractivity contribution < 1.29 is 19.4 Å². The molecule has 1 aromatic rings. The Hall–Kier alpha value is -2.11. The summed E-state index contributed by atoms with van der Waals surface area (Å²) in [6, 6.07) is 3.35. The quantitative estimate of drug-likeness (QED) is 0.816. The number of anilines is 1. The van der Waals surface area contributed by atoms with Crippen LogP contribution >= 0.6 is 0 Å². The number of fused-ring (bicyclic) bond motifs is 1. The zero-order valence-electron chi connectivity index (χ0n) is 9.55. The molecule has 1 aromatic heterocycles. The van der Waals surface area contributed by atoms with Gasteiger partial charge in [-0.05, 0) is 25.0 Å². The largest absolute Gasteiger partial charge is 0.481 e. The van der Waals surface area contributed by atoms with Gasteiger partial charge in [-0.15, -0.1) is 0 Å². The molecule has 18 heavy (non-hydrogen) atoms. The molecule has 1 aliphatic heterocycles. The Morgan fingerprint density at radius 1 is 1.56 bits per heavy atom. The van der Waals surface area contributed by atoms with E-state index in [-0.39, 0.29) is 0 Å². The molecule has 94 valence electrons. The Balaban J connectivity index is 1.96. The molecular formula is C12H12N2O4. The SMILES string of the molecule is O=C1Nc2ncccc2OC1C1(C(=O)O)CCC1. The van der Waals surface area contributed by atoms with E-state index >= 15 is 0 Å². The van der Waals surface area contributed by atoms with Crippen molar-refractivity contribution in [2.45, 2.75) is 25.4 Å². The summed E-state index contributed by atoms with van der Waals surface area (Å²) in [5.41, 5.74) is -1.09. The van der Waals surface area contributed by atoms with E-state index < -0.39 is 23.4 Å². The Bertz CT molecular complexity index is 525. The van der Waals surface area contributed by atoms with Gasteiger partial charge in [0.25, 0.3) is 5.91 Å². The van der Waals surface area contributed by atoms with Gasteiger partial charge in [-0.1, -0.05) is 6.42 Å².